The lowest BCUT2D eigenvalue weighted by molar-refractivity contribution is -0.138. The van der Waals surface area contributed by atoms with Gasteiger partial charge < -0.3 is 14.0 Å². The first-order chi connectivity index (χ1) is 8.50. The van der Waals surface area contributed by atoms with Crippen LogP contribution >= 0.6 is 0 Å². The molecule has 0 atom stereocenters. The number of carbonyl (C=O) groups excluding carboxylic acids is 2. The van der Waals surface area contributed by atoms with Crippen LogP contribution in [0.25, 0.3) is 0 Å². The predicted octanol–water partition coefficient (Wildman–Crippen LogP) is 0.454. The van der Waals surface area contributed by atoms with E-state index in [1.165, 1.54) is 13.8 Å². The number of carbonyl (C=O) groups is 2. The van der Waals surface area contributed by atoms with E-state index in [0.29, 0.717) is 5.19 Å². The third-order valence-corrected chi connectivity index (χ3v) is 5.60. The molecule has 0 aliphatic heterocycles. The first kappa shape index (κ1) is 14.4. The van der Waals surface area contributed by atoms with Crippen LogP contribution in [0, 0.1) is 0 Å². The van der Waals surface area contributed by atoms with Gasteiger partial charge in [-0.15, -0.1) is 0 Å². The second-order valence-corrected chi connectivity index (χ2v) is 6.77. The normalized spacial score (nSPS) is 10.8. The van der Waals surface area contributed by atoms with Crippen molar-refractivity contribution in [2.75, 3.05) is 6.61 Å². The summed E-state index contributed by atoms with van der Waals surface area (Å²) in [5.74, 6) is -1.06. The maximum Gasteiger partial charge on any atom is 0.501 e. The minimum Gasteiger partial charge on any atom is -0.482 e. The zero-order valence-electron chi connectivity index (χ0n) is 10.4. The van der Waals surface area contributed by atoms with Gasteiger partial charge in [-0.3, -0.25) is 9.59 Å². The van der Waals surface area contributed by atoms with E-state index in [1.807, 2.05) is 6.07 Å². The molecule has 0 saturated heterocycles. The van der Waals surface area contributed by atoms with Gasteiger partial charge in [0.05, 0.1) is 0 Å². The van der Waals surface area contributed by atoms with Gasteiger partial charge in [0, 0.05) is 31.7 Å². The van der Waals surface area contributed by atoms with Crippen molar-refractivity contribution in [1.82, 2.24) is 0 Å². The summed E-state index contributed by atoms with van der Waals surface area (Å²) in [5.41, 5.74) is 0. The van der Waals surface area contributed by atoms with Gasteiger partial charge in [0.15, 0.2) is 0 Å². The molecule has 0 amide bonds. The largest absolute Gasteiger partial charge is 0.501 e. The first-order valence-electron chi connectivity index (χ1n) is 5.56. The summed E-state index contributed by atoms with van der Waals surface area (Å²) in [5, 5.41) is 9.78. The van der Waals surface area contributed by atoms with Crippen molar-refractivity contribution in [2.24, 2.45) is 0 Å². The highest BCUT2D eigenvalue weighted by molar-refractivity contribution is 6.83. The van der Waals surface area contributed by atoms with E-state index in [2.05, 4.69) is 0 Å². The average molecular weight is 268 g/mol. The van der Waals surface area contributed by atoms with E-state index in [9.17, 15) is 9.59 Å². The van der Waals surface area contributed by atoms with Crippen molar-refractivity contribution >= 4 is 25.7 Å². The van der Waals surface area contributed by atoms with Crippen LogP contribution in [0.5, 0.6) is 0 Å². The van der Waals surface area contributed by atoms with Gasteiger partial charge in [-0.25, -0.2) is 0 Å². The fourth-order valence-corrected chi connectivity index (χ4v) is 4.38. The lowest BCUT2D eigenvalue weighted by Crippen LogP contribution is -2.56. The Balaban J connectivity index is 3.18. The van der Waals surface area contributed by atoms with Gasteiger partial charge in [0.25, 0.3) is 11.9 Å². The molecule has 18 heavy (non-hydrogen) atoms. The van der Waals surface area contributed by atoms with E-state index in [1.54, 1.807) is 24.3 Å². The van der Waals surface area contributed by atoms with E-state index in [4.69, 9.17) is 14.0 Å². The Hall–Kier alpha value is -1.66. The first-order valence-corrected chi connectivity index (χ1v) is 7.58. The van der Waals surface area contributed by atoms with Crippen LogP contribution in [0.3, 0.4) is 0 Å². The molecule has 0 heterocycles. The van der Waals surface area contributed by atoms with Gasteiger partial charge in [0.2, 0.25) is 0 Å². The molecular formula is C12H16O5Si. The Morgan fingerprint density at radius 2 is 1.61 bits per heavy atom. The lowest BCUT2D eigenvalue weighted by atomic mass is 10.4. The highest BCUT2D eigenvalue weighted by Gasteiger charge is 2.45. The van der Waals surface area contributed by atoms with E-state index in [0.717, 1.165) is 0 Å². The predicted molar refractivity (Wildman–Crippen MR) is 67.3 cm³/mol. The molecule has 0 saturated carbocycles. The summed E-state index contributed by atoms with van der Waals surface area (Å²) in [6.07, 6.45) is 0. The van der Waals surface area contributed by atoms with Crippen LogP contribution in [0.15, 0.2) is 30.3 Å². The van der Waals surface area contributed by atoms with Crippen LogP contribution in [0.2, 0.25) is 6.04 Å². The number of hydrogen-bond donors (Lipinski definition) is 1. The van der Waals surface area contributed by atoms with Gasteiger partial charge in [-0.05, 0) is 0 Å². The summed E-state index contributed by atoms with van der Waals surface area (Å²) in [6, 6.07) is 8.92. The Morgan fingerprint density at radius 1 is 1.11 bits per heavy atom. The second kappa shape index (κ2) is 6.32. The topological polar surface area (TPSA) is 72.8 Å². The summed E-state index contributed by atoms with van der Waals surface area (Å²) in [7, 11) is -3.25. The molecule has 5 nitrogen and oxygen atoms in total. The minimum atomic E-state index is -3.25. The Kier molecular flexibility index (Phi) is 5.05. The van der Waals surface area contributed by atoms with Crippen LogP contribution in [0.4, 0.5) is 0 Å². The monoisotopic (exact) mass is 268 g/mol. The highest BCUT2D eigenvalue weighted by atomic mass is 28.4. The molecule has 0 aromatic heterocycles. The van der Waals surface area contributed by atoms with Crippen molar-refractivity contribution in [3.8, 4) is 0 Å². The molecule has 1 N–H and O–H groups in total. The van der Waals surface area contributed by atoms with E-state index >= 15 is 0 Å². The molecule has 0 radical (unpaired) electrons. The summed E-state index contributed by atoms with van der Waals surface area (Å²) >= 11 is 0. The molecule has 0 bridgehead atoms. The number of aliphatic hydroxyl groups excluding tert-OH is 1. The van der Waals surface area contributed by atoms with Crippen LogP contribution in [-0.4, -0.2) is 32.2 Å². The van der Waals surface area contributed by atoms with Gasteiger partial charge in [0.1, 0.15) is 0 Å². The number of hydrogen-bond acceptors (Lipinski definition) is 5. The van der Waals surface area contributed by atoms with Crippen LogP contribution in [0.1, 0.15) is 13.8 Å². The molecule has 1 rings (SSSR count). The molecular weight excluding hydrogens is 252 g/mol. The molecule has 98 valence electrons. The molecule has 0 aliphatic rings. The molecule has 0 aliphatic carbocycles. The third-order valence-electron chi connectivity index (χ3n) is 2.27. The van der Waals surface area contributed by atoms with Crippen LogP contribution in [-0.2, 0) is 18.4 Å². The SMILES string of the molecule is CC(=O)O[Si](CCO)(OC(C)=O)c1ccccc1. The van der Waals surface area contributed by atoms with Crippen molar-refractivity contribution in [3.63, 3.8) is 0 Å². The van der Waals surface area contributed by atoms with E-state index in [-0.39, 0.29) is 12.7 Å². The van der Waals surface area contributed by atoms with Gasteiger partial charge in [-0.1, -0.05) is 30.3 Å². The van der Waals surface area contributed by atoms with Crippen molar-refractivity contribution in [2.45, 2.75) is 19.9 Å². The van der Waals surface area contributed by atoms with E-state index < -0.39 is 20.5 Å². The average Bonchev–Trinajstić information content (AvgIpc) is 2.28. The van der Waals surface area contributed by atoms with Gasteiger partial charge >= 0.3 is 8.56 Å². The zero-order chi connectivity index (χ0) is 13.6. The summed E-state index contributed by atoms with van der Waals surface area (Å²) in [4.78, 5) is 22.5. The second-order valence-electron chi connectivity index (χ2n) is 3.78. The number of benzene rings is 1. The smallest absolute Gasteiger partial charge is 0.482 e. The molecule has 0 unspecified atom stereocenters. The molecule has 6 heteroatoms. The fourth-order valence-electron chi connectivity index (χ4n) is 1.69. The van der Waals surface area contributed by atoms with Crippen molar-refractivity contribution in [3.05, 3.63) is 30.3 Å². The van der Waals surface area contributed by atoms with Crippen molar-refractivity contribution < 1.29 is 23.5 Å². The lowest BCUT2D eigenvalue weighted by Gasteiger charge is -2.28. The summed E-state index contributed by atoms with van der Waals surface area (Å²) < 4.78 is 10.5. The van der Waals surface area contributed by atoms with Crippen molar-refractivity contribution in [1.29, 1.82) is 0 Å². The Morgan fingerprint density at radius 3 is 2.00 bits per heavy atom. The molecule has 1 aromatic rings. The van der Waals surface area contributed by atoms with Gasteiger partial charge in [-0.2, -0.15) is 0 Å². The highest BCUT2D eigenvalue weighted by Crippen LogP contribution is 2.15. The van der Waals surface area contributed by atoms with Crippen LogP contribution < -0.4 is 5.19 Å². The number of aliphatic hydroxyl groups is 1. The summed E-state index contributed by atoms with van der Waals surface area (Å²) in [6.45, 7) is 2.29. The fraction of sp³-hybridized carbons (Fsp3) is 0.333. The Labute approximate surface area is 107 Å². The zero-order valence-corrected chi connectivity index (χ0v) is 11.4. The molecule has 0 spiro atoms. The quantitative estimate of drug-likeness (QED) is 0.785. The third kappa shape index (κ3) is 3.68. The number of rotatable bonds is 5. The maximum atomic E-state index is 11.2. The molecule has 0 fully saturated rings. The maximum absolute atomic E-state index is 11.2. The minimum absolute atomic E-state index is 0.121. The standard InChI is InChI=1S/C12H16O5Si/c1-10(14)16-18(9-8-13,17-11(2)15)12-6-4-3-5-7-12/h3-7,13H,8-9H2,1-2H3. The Bertz CT molecular complexity index is 402. The molecule has 1 aromatic carbocycles.